The normalized spacial score (nSPS) is 20.2. The van der Waals surface area contributed by atoms with Crippen LogP contribution in [0.15, 0.2) is 0 Å². The number of nitrogens with one attached hydrogen (secondary N) is 1. The number of amides is 1. The van der Waals surface area contributed by atoms with Crippen molar-refractivity contribution in [3.05, 3.63) is 0 Å². The first kappa shape index (κ1) is 16.7. The van der Waals surface area contributed by atoms with Gasteiger partial charge in [-0.05, 0) is 39.0 Å². The Bertz CT molecular complexity index is 219. The van der Waals surface area contributed by atoms with Crippen molar-refractivity contribution in [1.29, 1.82) is 0 Å². The van der Waals surface area contributed by atoms with Crippen LogP contribution in [0.3, 0.4) is 0 Å². The molecule has 0 aromatic rings. The predicted molar refractivity (Wildman–Crippen MR) is 71.3 cm³/mol. The first-order valence-electron chi connectivity index (χ1n) is 6.22. The average molecular weight is 265 g/mol. The molecule has 2 unspecified atom stereocenters. The van der Waals surface area contributed by atoms with Gasteiger partial charge >= 0.3 is 0 Å². The predicted octanol–water partition coefficient (Wildman–Crippen LogP) is 1.47. The molecule has 0 saturated carbocycles. The number of carbonyl (C=O) groups is 1. The van der Waals surface area contributed by atoms with Crippen molar-refractivity contribution >= 4 is 18.3 Å². The SMILES string of the molecule is CC(N)CCC(=O)NC(C)C1CCOCC1.Cl. The Labute approximate surface area is 110 Å². The third-order valence-electron chi connectivity index (χ3n) is 3.19. The largest absolute Gasteiger partial charge is 0.381 e. The molecule has 0 bridgehead atoms. The maximum atomic E-state index is 11.6. The van der Waals surface area contributed by atoms with Crippen LogP contribution >= 0.6 is 12.4 Å². The maximum Gasteiger partial charge on any atom is 0.220 e. The van der Waals surface area contributed by atoms with Crippen molar-refractivity contribution < 1.29 is 9.53 Å². The Morgan fingerprint density at radius 2 is 2.00 bits per heavy atom. The lowest BCUT2D eigenvalue weighted by Crippen LogP contribution is -2.40. The van der Waals surface area contributed by atoms with Crippen LogP contribution < -0.4 is 11.1 Å². The van der Waals surface area contributed by atoms with Crippen LogP contribution in [0.4, 0.5) is 0 Å². The molecular formula is C12H25ClN2O2. The Kier molecular flexibility index (Phi) is 8.56. The molecule has 1 rings (SSSR count). The van der Waals surface area contributed by atoms with E-state index in [1.54, 1.807) is 0 Å². The van der Waals surface area contributed by atoms with Crippen LogP contribution in [0.1, 0.15) is 39.5 Å². The zero-order valence-electron chi connectivity index (χ0n) is 10.8. The van der Waals surface area contributed by atoms with Gasteiger partial charge in [-0.1, -0.05) is 0 Å². The number of halogens is 1. The number of rotatable bonds is 5. The molecule has 0 aliphatic carbocycles. The van der Waals surface area contributed by atoms with Crippen LogP contribution in [0.5, 0.6) is 0 Å². The smallest absolute Gasteiger partial charge is 0.220 e. The molecule has 1 aliphatic rings. The van der Waals surface area contributed by atoms with Gasteiger partial charge in [-0.15, -0.1) is 12.4 Å². The number of hydrogen-bond acceptors (Lipinski definition) is 3. The van der Waals surface area contributed by atoms with Crippen molar-refractivity contribution in [2.45, 2.75) is 51.6 Å². The minimum absolute atomic E-state index is 0. The van der Waals surface area contributed by atoms with Gasteiger partial charge in [0.1, 0.15) is 0 Å². The monoisotopic (exact) mass is 264 g/mol. The third kappa shape index (κ3) is 6.86. The van der Waals surface area contributed by atoms with Crippen LogP contribution in [0.25, 0.3) is 0 Å². The van der Waals surface area contributed by atoms with Crippen molar-refractivity contribution in [2.75, 3.05) is 13.2 Å². The first-order chi connectivity index (χ1) is 7.59. The van der Waals surface area contributed by atoms with Gasteiger partial charge in [-0.3, -0.25) is 4.79 Å². The molecule has 1 saturated heterocycles. The van der Waals surface area contributed by atoms with E-state index in [4.69, 9.17) is 10.5 Å². The van der Waals surface area contributed by atoms with Crippen LogP contribution in [0.2, 0.25) is 0 Å². The molecule has 2 atom stereocenters. The van der Waals surface area contributed by atoms with Gasteiger partial charge in [-0.25, -0.2) is 0 Å². The second-order valence-electron chi connectivity index (χ2n) is 4.82. The summed E-state index contributed by atoms with van der Waals surface area (Å²) < 4.78 is 5.30. The average Bonchev–Trinajstić information content (AvgIpc) is 2.27. The van der Waals surface area contributed by atoms with E-state index >= 15 is 0 Å². The minimum Gasteiger partial charge on any atom is -0.381 e. The van der Waals surface area contributed by atoms with Gasteiger partial charge in [0.05, 0.1) is 0 Å². The number of nitrogens with two attached hydrogens (primary N) is 1. The number of hydrogen-bond donors (Lipinski definition) is 2. The summed E-state index contributed by atoms with van der Waals surface area (Å²) in [6.45, 7) is 5.66. The van der Waals surface area contributed by atoms with E-state index in [0.29, 0.717) is 12.3 Å². The van der Waals surface area contributed by atoms with Crippen molar-refractivity contribution in [1.82, 2.24) is 5.32 Å². The number of ether oxygens (including phenoxy) is 1. The van der Waals surface area contributed by atoms with E-state index in [9.17, 15) is 4.79 Å². The lowest BCUT2D eigenvalue weighted by Gasteiger charge is -2.28. The molecule has 1 aliphatic heterocycles. The Hall–Kier alpha value is -0.320. The standard InChI is InChI=1S/C12H24N2O2.ClH/c1-9(13)3-4-12(15)14-10(2)11-5-7-16-8-6-11;/h9-11H,3-8,13H2,1-2H3,(H,14,15);1H. The molecule has 0 aromatic heterocycles. The maximum absolute atomic E-state index is 11.6. The molecule has 1 amide bonds. The third-order valence-corrected chi connectivity index (χ3v) is 3.19. The van der Waals surface area contributed by atoms with Gasteiger partial charge in [0.2, 0.25) is 5.91 Å². The second kappa shape index (κ2) is 8.72. The van der Waals surface area contributed by atoms with Crippen LogP contribution in [-0.4, -0.2) is 31.2 Å². The van der Waals surface area contributed by atoms with Gasteiger partial charge < -0.3 is 15.8 Å². The lowest BCUT2D eigenvalue weighted by molar-refractivity contribution is -0.122. The molecule has 5 heteroatoms. The Balaban J connectivity index is 0.00000256. The molecule has 4 nitrogen and oxygen atoms in total. The first-order valence-corrected chi connectivity index (χ1v) is 6.22. The van der Waals surface area contributed by atoms with Crippen LogP contribution in [-0.2, 0) is 9.53 Å². The molecule has 1 heterocycles. The van der Waals surface area contributed by atoms with E-state index in [2.05, 4.69) is 12.2 Å². The zero-order valence-corrected chi connectivity index (χ0v) is 11.6. The molecule has 0 radical (unpaired) electrons. The summed E-state index contributed by atoms with van der Waals surface area (Å²) in [5.74, 6) is 0.685. The second-order valence-corrected chi connectivity index (χ2v) is 4.82. The van der Waals surface area contributed by atoms with Crippen LogP contribution in [0, 0.1) is 5.92 Å². The summed E-state index contributed by atoms with van der Waals surface area (Å²) >= 11 is 0. The molecule has 102 valence electrons. The highest BCUT2D eigenvalue weighted by Gasteiger charge is 2.21. The van der Waals surface area contributed by atoms with Gasteiger partial charge in [0, 0.05) is 31.7 Å². The fourth-order valence-corrected chi connectivity index (χ4v) is 2.02. The van der Waals surface area contributed by atoms with Gasteiger partial charge in [0.15, 0.2) is 0 Å². The highest BCUT2D eigenvalue weighted by atomic mass is 35.5. The fourth-order valence-electron chi connectivity index (χ4n) is 2.02. The van der Waals surface area contributed by atoms with E-state index < -0.39 is 0 Å². The highest BCUT2D eigenvalue weighted by Crippen LogP contribution is 2.18. The van der Waals surface area contributed by atoms with E-state index in [1.807, 2.05) is 6.92 Å². The highest BCUT2D eigenvalue weighted by molar-refractivity contribution is 5.85. The van der Waals surface area contributed by atoms with E-state index in [-0.39, 0.29) is 30.4 Å². The summed E-state index contributed by atoms with van der Waals surface area (Å²) in [7, 11) is 0. The Morgan fingerprint density at radius 3 is 2.53 bits per heavy atom. The summed E-state index contributed by atoms with van der Waals surface area (Å²) in [5, 5.41) is 3.05. The minimum atomic E-state index is 0. The molecule has 1 fully saturated rings. The number of carbonyl (C=O) groups excluding carboxylic acids is 1. The fraction of sp³-hybridized carbons (Fsp3) is 0.917. The topological polar surface area (TPSA) is 64.4 Å². The van der Waals surface area contributed by atoms with Gasteiger partial charge in [-0.2, -0.15) is 0 Å². The summed E-state index contributed by atoms with van der Waals surface area (Å²) in [5.41, 5.74) is 5.62. The molecular weight excluding hydrogens is 240 g/mol. The summed E-state index contributed by atoms with van der Waals surface area (Å²) in [6.07, 6.45) is 3.39. The van der Waals surface area contributed by atoms with Crippen molar-refractivity contribution in [2.24, 2.45) is 11.7 Å². The molecule has 0 aromatic carbocycles. The zero-order chi connectivity index (χ0) is 12.0. The molecule has 0 spiro atoms. The lowest BCUT2D eigenvalue weighted by atomic mass is 9.93. The summed E-state index contributed by atoms with van der Waals surface area (Å²) in [4.78, 5) is 11.6. The van der Waals surface area contributed by atoms with Crippen molar-refractivity contribution in [3.63, 3.8) is 0 Å². The molecule has 17 heavy (non-hydrogen) atoms. The quantitative estimate of drug-likeness (QED) is 0.790. The van der Waals surface area contributed by atoms with Crippen molar-refractivity contribution in [3.8, 4) is 0 Å². The summed E-state index contributed by atoms with van der Waals surface area (Å²) in [6, 6.07) is 0.355. The van der Waals surface area contributed by atoms with Gasteiger partial charge in [0.25, 0.3) is 0 Å². The van der Waals surface area contributed by atoms with E-state index in [0.717, 1.165) is 32.5 Å². The van der Waals surface area contributed by atoms with E-state index in [1.165, 1.54) is 0 Å². The Morgan fingerprint density at radius 1 is 1.41 bits per heavy atom. The molecule has 3 N–H and O–H groups in total.